The molecule has 0 aliphatic heterocycles. The number of hydrogen-bond acceptors (Lipinski definition) is 8. The first kappa shape index (κ1) is 27.9. The van der Waals surface area contributed by atoms with E-state index in [2.05, 4.69) is 33.6 Å². The van der Waals surface area contributed by atoms with Gasteiger partial charge < -0.3 is 44.0 Å². The fourth-order valence-corrected chi connectivity index (χ4v) is 2.45. The summed E-state index contributed by atoms with van der Waals surface area (Å²) in [5.41, 5.74) is 21.3. The molecule has 4 amide bonds. The van der Waals surface area contributed by atoms with Crippen LogP contribution >= 0.6 is 12.6 Å². The van der Waals surface area contributed by atoms with Crippen LogP contribution < -0.4 is 38.9 Å². The molecule has 12 N–H and O–H groups in total. The molecule has 14 nitrogen and oxygen atoms in total. The van der Waals surface area contributed by atoms with Gasteiger partial charge in [-0.15, -0.1) is 0 Å². The predicted octanol–water partition coefficient (Wildman–Crippen LogP) is -4.27. The minimum atomic E-state index is -1.39. The molecule has 31 heavy (non-hydrogen) atoms. The molecule has 0 fully saturated rings. The average Bonchev–Trinajstić information content (AvgIpc) is 2.67. The molecule has 4 unspecified atom stereocenters. The zero-order valence-electron chi connectivity index (χ0n) is 17.0. The fourth-order valence-electron chi connectivity index (χ4n) is 2.20. The van der Waals surface area contributed by atoms with Gasteiger partial charge in [-0.05, 0) is 19.8 Å². The minimum absolute atomic E-state index is 0.0987. The van der Waals surface area contributed by atoms with Gasteiger partial charge in [0, 0.05) is 12.3 Å². The number of carboxylic acids is 1. The largest absolute Gasteiger partial charge is 0.480 e. The second kappa shape index (κ2) is 14.0. The summed E-state index contributed by atoms with van der Waals surface area (Å²) < 4.78 is 0. The average molecular weight is 463 g/mol. The molecule has 0 saturated heterocycles. The van der Waals surface area contributed by atoms with E-state index in [4.69, 9.17) is 28.0 Å². The van der Waals surface area contributed by atoms with Gasteiger partial charge in [-0.1, -0.05) is 0 Å². The first-order valence-electron chi connectivity index (χ1n) is 9.23. The predicted molar refractivity (Wildman–Crippen MR) is 115 cm³/mol. The minimum Gasteiger partial charge on any atom is -0.480 e. The fraction of sp³-hybridized carbons (Fsp3) is 0.625. The summed E-state index contributed by atoms with van der Waals surface area (Å²) >= 11 is 3.82. The van der Waals surface area contributed by atoms with Crippen molar-refractivity contribution >= 4 is 48.2 Å². The summed E-state index contributed by atoms with van der Waals surface area (Å²) in [4.78, 5) is 62.8. The lowest BCUT2D eigenvalue weighted by molar-refractivity contribution is -0.141. The third-order valence-electron chi connectivity index (χ3n) is 3.89. The van der Waals surface area contributed by atoms with Gasteiger partial charge in [-0.2, -0.15) is 12.6 Å². The van der Waals surface area contributed by atoms with Gasteiger partial charge in [-0.3, -0.25) is 24.2 Å². The van der Waals surface area contributed by atoms with Crippen LogP contribution in [0, 0.1) is 0 Å². The molecule has 15 heteroatoms. The van der Waals surface area contributed by atoms with E-state index >= 15 is 0 Å². The molecule has 0 aromatic carbocycles. The van der Waals surface area contributed by atoms with Crippen molar-refractivity contribution < 1.29 is 29.1 Å². The lowest BCUT2D eigenvalue weighted by Crippen LogP contribution is -2.57. The summed E-state index contributed by atoms with van der Waals surface area (Å²) in [6, 6.07) is -4.82. The zero-order valence-corrected chi connectivity index (χ0v) is 17.9. The third kappa shape index (κ3) is 11.6. The molecule has 0 spiro atoms. The van der Waals surface area contributed by atoms with E-state index in [1.807, 2.05) is 0 Å². The van der Waals surface area contributed by atoms with E-state index in [0.29, 0.717) is 6.42 Å². The van der Waals surface area contributed by atoms with Gasteiger partial charge in [0.15, 0.2) is 5.96 Å². The Morgan fingerprint density at radius 3 is 2.03 bits per heavy atom. The topological polar surface area (TPSA) is 258 Å². The second-order valence-electron chi connectivity index (χ2n) is 6.60. The van der Waals surface area contributed by atoms with Crippen LogP contribution in [-0.4, -0.2) is 77.1 Å². The summed E-state index contributed by atoms with van der Waals surface area (Å²) in [7, 11) is 0. The molecular formula is C16H30N8O6S. The van der Waals surface area contributed by atoms with Crippen LogP contribution in [0.1, 0.15) is 26.2 Å². The van der Waals surface area contributed by atoms with Crippen molar-refractivity contribution in [3.8, 4) is 0 Å². The first-order valence-corrected chi connectivity index (χ1v) is 9.86. The van der Waals surface area contributed by atoms with Crippen molar-refractivity contribution in [1.82, 2.24) is 16.0 Å². The van der Waals surface area contributed by atoms with Gasteiger partial charge in [0.2, 0.25) is 23.6 Å². The molecule has 0 heterocycles. The van der Waals surface area contributed by atoms with E-state index < -0.39 is 60.2 Å². The van der Waals surface area contributed by atoms with E-state index in [9.17, 15) is 24.0 Å². The molecule has 0 aromatic heterocycles. The highest BCUT2D eigenvalue weighted by molar-refractivity contribution is 7.80. The van der Waals surface area contributed by atoms with Crippen LogP contribution in [0.4, 0.5) is 0 Å². The second-order valence-corrected chi connectivity index (χ2v) is 6.96. The number of primary amides is 1. The maximum absolute atomic E-state index is 12.4. The number of guanidine groups is 1. The van der Waals surface area contributed by atoms with Crippen molar-refractivity contribution in [3.05, 3.63) is 0 Å². The molecule has 0 bridgehead atoms. The Hall–Kier alpha value is -3.07. The number of nitrogens with zero attached hydrogens (tertiary/aromatic N) is 1. The van der Waals surface area contributed by atoms with E-state index in [1.54, 1.807) is 0 Å². The number of rotatable bonds is 14. The highest BCUT2D eigenvalue weighted by Gasteiger charge is 2.28. The SMILES string of the molecule is CC(NC(=O)C(CC(N)=O)NC(=O)C(N)CCCN=C(N)N)C(=O)NC(CS)C(=O)O. The maximum atomic E-state index is 12.4. The van der Waals surface area contributed by atoms with Crippen molar-refractivity contribution in [2.75, 3.05) is 12.3 Å². The number of nitrogens with one attached hydrogen (secondary N) is 3. The quantitative estimate of drug-likeness (QED) is 0.0523. The first-order chi connectivity index (χ1) is 14.4. The number of amides is 4. The number of carbonyl (C=O) groups excluding carboxylic acids is 4. The molecule has 0 saturated carbocycles. The number of carbonyl (C=O) groups is 5. The van der Waals surface area contributed by atoms with Crippen molar-refractivity contribution in [2.45, 2.75) is 50.4 Å². The summed E-state index contributed by atoms with van der Waals surface area (Å²) in [6.45, 7) is 1.55. The molecule has 0 rings (SSSR count). The Morgan fingerprint density at radius 2 is 1.55 bits per heavy atom. The summed E-state index contributed by atoms with van der Waals surface area (Å²) in [5.74, 6) is -4.82. The number of aliphatic carboxylic acids is 1. The van der Waals surface area contributed by atoms with Gasteiger partial charge in [-0.25, -0.2) is 4.79 Å². The Morgan fingerprint density at radius 1 is 0.968 bits per heavy atom. The normalized spacial score (nSPS) is 14.3. The molecular weight excluding hydrogens is 432 g/mol. The number of aliphatic imine (C=N–C) groups is 1. The van der Waals surface area contributed by atoms with Gasteiger partial charge in [0.25, 0.3) is 0 Å². The van der Waals surface area contributed by atoms with E-state index in [-0.39, 0.29) is 24.7 Å². The Kier molecular flexibility index (Phi) is 12.6. The molecule has 0 radical (unpaired) electrons. The lowest BCUT2D eigenvalue weighted by Gasteiger charge is -2.22. The number of nitrogens with two attached hydrogens (primary N) is 4. The molecule has 4 atom stereocenters. The van der Waals surface area contributed by atoms with E-state index in [0.717, 1.165) is 0 Å². The standard InChI is InChI=1S/C16H30N8O6S/c1-7(12(26)24-10(6-31)15(29)30)22-14(28)9(5-11(18)25)23-13(27)8(17)3-2-4-21-16(19)20/h7-10,31H,2-6,17H2,1H3,(H2,18,25)(H,22,28)(H,23,27)(H,24,26)(H,29,30)(H4,19,20,21). The smallest absolute Gasteiger partial charge is 0.327 e. The number of carboxylic acid groups (broad SMARTS) is 1. The molecule has 176 valence electrons. The lowest BCUT2D eigenvalue weighted by atomic mass is 10.1. The van der Waals surface area contributed by atoms with Crippen molar-refractivity contribution in [3.63, 3.8) is 0 Å². The molecule has 0 aromatic rings. The Labute approximate surface area is 184 Å². The summed E-state index contributed by atoms with van der Waals surface area (Å²) in [5, 5.41) is 15.7. The Bertz CT molecular complexity index is 700. The van der Waals surface area contributed by atoms with E-state index in [1.165, 1.54) is 6.92 Å². The van der Waals surface area contributed by atoms with Crippen LogP contribution in [0.25, 0.3) is 0 Å². The number of hydrogen-bond donors (Lipinski definition) is 9. The van der Waals surface area contributed by atoms with Crippen LogP contribution in [0.15, 0.2) is 4.99 Å². The van der Waals surface area contributed by atoms with Crippen LogP contribution in [0.2, 0.25) is 0 Å². The van der Waals surface area contributed by atoms with Gasteiger partial charge >= 0.3 is 5.97 Å². The Balaban J connectivity index is 4.94. The zero-order chi connectivity index (χ0) is 24.1. The highest BCUT2D eigenvalue weighted by Crippen LogP contribution is 2.00. The molecule has 0 aliphatic rings. The van der Waals surface area contributed by atoms with Gasteiger partial charge in [0.1, 0.15) is 18.1 Å². The summed E-state index contributed by atoms with van der Waals surface area (Å²) in [6.07, 6.45) is 0.0555. The van der Waals surface area contributed by atoms with Crippen molar-refractivity contribution in [1.29, 1.82) is 0 Å². The highest BCUT2D eigenvalue weighted by atomic mass is 32.1. The molecule has 0 aliphatic carbocycles. The van der Waals surface area contributed by atoms with Gasteiger partial charge in [0.05, 0.1) is 12.5 Å². The third-order valence-corrected chi connectivity index (χ3v) is 4.26. The van der Waals surface area contributed by atoms with Crippen molar-refractivity contribution in [2.24, 2.45) is 27.9 Å². The van der Waals surface area contributed by atoms with Crippen LogP contribution in [0.5, 0.6) is 0 Å². The monoisotopic (exact) mass is 462 g/mol. The van der Waals surface area contributed by atoms with Crippen LogP contribution in [0.3, 0.4) is 0 Å². The maximum Gasteiger partial charge on any atom is 0.327 e. The number of thiol groups is 1. The van der Waals surface area contributed by atoms with Crippen LogP contribution in [-0.2, 0) is 24.0 Å².